The number of halogens is 1. The maximum atomic E-state index is 13.7. The lowest BCUT2D eigenvalue weighted by atomic mass is 9.70. The second-order valence-corrected chi connectivity index (χ2v) is 8.80. The second kappa shape index (κ2) is 12.0. The van der Waals surface area contributed by atoms with Gasteiger partial charge < -0.3 is 24.5 Å². The standard InChI is InChI=1S/C25H28BrN3O7/c1-4-35-23(32)20(28-27-17-8-12-19(34-3)13-9-17)25(24(33)36-5-2)14-15-29(22(31)21(25)30)18-10-6-16(26)7-11-18/h6-13,20,27-28H,4-5,14-15H2,1-3H3. The van der Waals surface area contributed by atoms with Gasteiger partial charge in [-0.2, -0.15) is 0 Å². The first kappa shape index (κ1) is 27.2. The average molecular weight is 562 g/mol. The topological polar surface area (TPSA) is 123 Å². The Labute approximate surface area is 217 Å². The number of Topliss-reactive ketones (excluding diaryl/α,β-unsaturated/α-hetero) is 1. The smallest absolute Gasteiger partial charge is 0.326 e. The SMILES string of the molecule is CCOC(=O)C(NNc1ccc(OC)cc1)C1(C(=O)OCC)CCN(c2ccc(Br)cc2)C(=O)C1=O. The molecule has 2 unspecified atom stereocenters. The average Bonchev–Trinajstić information content (AvgIpc) is 2.88. The van der Waals surface area contributed by atoms with Crippen LogP contribution in [0.25, 0.3) is 0 Å². The van der Waals surface area contributed by atoms with Crippen molar-refractivity contribution in [3.05, 3.63) is 53.0 Å². The molecule has 2 N–H and O–H groups in total. The van der Waals surface area contributed by atoms with Gasteiger partial charge in [0, 0.05) is 22.4 Å². The Morgan fingerprint density at radius 3 is 2.25 bits per heavy atom. The number of carbonyl (C=O) groups is 4. The molecule has 0 spiro atoms. The fourth-order valence-electron chi connectivity index (χ4n) is 3.97. The number of benzene rings is 2. The normalized spacial score (nSPS) is 18.4. The van der Waals surface area contributed by atoms with Crippen molar-refractivity contribution in [3.8, 4) is 5.75 Å². The van der Waals surface area contributed by atoms with E-state index in [1.807, 2.05) is 0 Å². The van der Waals surface area contributed by atoms with Gasteiger partial charge in [-0.05, 0) is 68.8 Å². The van der Waals surface area contributed by atoms with E-state index in [1.165, 1.54) is 12.0 Å². The van der Waals surface area contributed by atoms with Crippen LogP contribution in [0.1, 0.15) is 20.3 Å². The van der Waals surface area contributed by atoms with Crippen molar-refractivity contribution in [1.82, 2.24) is 5.43 Å². The summed E-state index contributed by atoms with van der Waals surface area (Å²) in [6.07, 6.45) is -0.159. The van der Waals surface area contributed by atoms with Gasteiger partial charge in [-0.1, -0.05) is 15.9 Å². The maximum Gasteiger partial charge on any atom is 0.326 e. The number of nitrogens with zero attached hydrogens (tertiary/aromatic N) is 1. The molecule has 192 valence electrons. The number of carbonyl (C=O) groups excluding carboxylic acids is 4. The molecule has 3 rings (SSSR count). The van der Waals surface area contributed by atoms with Crippen molar-refractivity contribution >= 4 is 50.9 Å². The lowest BCUT2D eigenvalue weighted by Crippen LogP contribution is -2.67. The largest absolute Gasteiger partial charge is 0.497 e. The van der Waals surface area contributed by atoms with Crippen molar-refractivity contribution in [2.45, 2.75) is 26.3 Å². The van der Waals surface area contributed by atoms with Crippen molar-refractivity contribution in [2.24, 2.45) is 5.41 Å². The predicted molar refractivity (Wildman–Crippen MR) is 135 cm³/mol. The molecule has 1 aliphatic rings. The molecule has 1 aliphatic heterocycles. The van der Waals surface area contributed by atoms with Gasteiger partial charge in [0.15, 0.2) is 5.41 Å². The molecule has 36 heavy (non-hydrogen) atoms. The second-order valence-electron chi connectivity index (χ2n) is 7.89. The number of ether oxygens (including phenoxy) is 3. The van der Waals surface area contributed by atoms with E-state index in [1.54, 1.807) is 62.4 Å². The number of ketones is 1. The third kappa shape index (κ3) is 5.52. The summed E-state index contributed by atoms with van der Waals surface area (Å²) in [5, 5.41) is 0. The summed E-state index contributed by atoms with van der Waals surface area (Å²) >= 11 is 3.34. The predicted octanol–water partition coefficient (Wildman–Crippen LogP) is 2.86. The van der Waals surface area contributed by atoms with Gasteiger partial charge in [0.2, 0.25) is 5.78 Å². The Kier molecular flexibility index (Phi) is 9.05. The highest BCUT2D eigenvalue weighted by atomic mass is 79.9. The zero-order chi connectivity index (χ0) is 26.3. The van der Waals surface area contributed by atoms with Gasteiger partial charge in [0.05, 0.1) is 20.3 Å². The molecule has 0 aliphatic carbocycles. The van der Waals surface area contributed by atoms with Crippen LogP contribution in [0.5, 0.6) is 5.75 Å². The molecule has 0 radical (unpaired) electrons. The Hall–Kier alpha value is -3.44. The summed E-state index contributed by atoms with van der Waals surface area (Å²) in [7, 11) is 1.53. The highest BCUT2D eigenvalue weighted by Crippen LogP contribution is 2.37. The van der Waals surface area contributed by atoms with Gasteiger partial charge in [-0.25, -0.2) is 5.43 Å². The first-order valence-corrected chi connectivity index (χ1v) is 12.2. The van der Waals surface area contributed by atoms with Gasteiger partial charge >= 0.3 is 11.9 Å². The lowest BCUT2D eigenvalue weighted by Gasteiger charge is -2.41. The van der Waals surface area contributed by atoms with Crippen LogP contribution in [-0.2, 0) is 28.7 Å². The minimum atomic E-state index is -2.13. The van der Waals surface area contributed by atoms with Gasteiger partial charge in [0.1, 0.15) is 11.8 Å². The van der Waals surface area contributed by atoms with E-state index < -0.39 is 35.1 Å². The molecule has 1 saturated heterocycles. The van der Waals surface area contributed by atoms with E-state index in [-0.39, 0.29) is 26.2 Å². The fourth-order valence-corrected chi connectivity index (χ4v) is 4.24. The van der Waals surface area contributed by atoms with Crippen molar-refractivity contribution in [1.29, 1.82) is 0 Å². The Balaban J connectivity index is 1.98. The highest BCUT2D eigenvalue weighted by molar-refractivity contribution is 9.10. The minimum Gasteiger partial charge on any atom is -0.497 e. The van der Waals surface area contributed by atoms with E-state index in [9.17, 15) is 19.2 Å². The quantitative estimate of drug-likeness (QED) is 0.195. The number of amides is 1. The van der Waals surface area contributed by atoms with Crippen LogP contribution < -0.4 is 20.5 Å². The van der Waals surface area contributed by atoms with Crippen LogP contribution in [0.15, 0.2) is 53.0 Å². The monoisotopic (exact) mass is 561 g/mol. The van der Waals surface area contributed by atoms with E-state index in [2.05, 4.69) is 26.8 Å². The number of anilines is 2. The van der Waals surface area contributed by atoms with E-state index in [4.69, 9.17) is 14.2 Å². The van der Waals surface area contributed by atoms with Gasteiger partial charge in [-0.3, -0.25) is 19.2 Å². The lowest BCUT2D eigenvalue weighted by molar-refractivity contribution is -0.172. The van der Waals surface area contributed by atoms with E-state index in [0.29, 0.717) is 17.1 Å². The Morgan fingerprint density at radius 2 is 1.67 bits per heavy atom. The van der Waals surface area contributed by atoms with Crippen LogP contribution in [0.2, 0.25) is 0 Å². The summed E-state index contributed by atoms with van der Waals surface area (Å²) in [5.74, 6) is -3.20. The Bertz CT molecular complexity index is 1110. The minimum absolute atomic E-state index is 0.00510. The van der Waals surface area contributed by atoms with Crippen LogP contribution >= 0.6 is 15.9 Å². The van der Waals surface area contributed by atoms with E-state index in [0.717, 1.165) is 4.47 Å². The van der Waals surface area contributed by atoms with Crippen molar-refractivity contribution in [2.75, 3.05) is 37.2 Å². The van der Waals surface area contributed by atoms with E-state index >= 15 is 0 Å². The maximum absolute atomic E-state index is 13.7. The number of rotatable bonds is 10. The number of methoxy groups -OCH3 is 1. The van der Waals surface area contributed by atoms with Crippen molar-refractivity contribution in [3.63, 3.8) is 0 Å². The molecule has 1 fully saturated rings. The van der Waals surface area contributed by atoms with Gasteiger partial charge in [-0.15, -0.1) is 0 Å². The molecular weight excluding hydrogens is 534 g/mol. The molecule has 1 amide bonds. The number of piperidine rings is 1. The van der Waals surface area contributed by atoms with Gasteiger partial charge in [0.25, 0.3) is 5.91 Å². The summed E-state index contributed by atoms with van der Waals surface area (Å²) in [4.78, 5) is 54.6. The fraction of sp³-hybridized carbons (Fsp3) is 0.360. The third-order valence-electron chi connectivity index (χ3n) is 5.82. The zero-order valence-corrected chi connectivity index (χ0v) is 21.8. The molecule has 2 atom stereocenters. The first-order valence-electron chi connectivity index (χ1n) is 11.4. The van der Waals surface area contributed by atoms with Crippen molar-refractivity contribution < 1.29 is 33.4 Å². The zero-order valence-electron chi connectivity index (χ0n) is 20.2. The molecular formula is C25H28BrN3O7. The van der Waals surface area contributed by atoms with Crippen LogP contribution in [0.4, 0.5) is 11.4 Å². The molecule has 1 heterocycles. The summed E-state index contributed by atoms with van der Waals surface area (Å²) in [6.45, 7) is 3.15. The van der Waals surface area contributed by atoms with Crippen LogP contribution in [-0.4, -0.2) is 56.5 Å². The number of esters is 2. The molecule has 2 aromatic rings. The summed E-state index contributed by atoms with van der Waals surface area (Å²) in [6, 6.07) is 12.0. The molecule has 0 saturated carbocycles. The Morgan fingerprint density at radius 1 is 1.03 bits per heavy atom. The van der Waals surface area contributed by atoms with Crippen LogP contribution in [0.3, 0.4) is 0 Å². The highest BCUT2D eigenvalue weighted by Gasteiger charge is 2.62. The number of nitrogens with one attached hydrogen (secondary N) is 2. The summed E-state index contributed by atoms with van der Waals surface area (Å²) in [5.41, 5.74) is 4.48. The number of hydrazine groups is 1. The molecule has 10 nitrogen and oxygen atoms in total. The summed E-state index contributed by atoms with van der Waals surface area (Å²) < 4.78 is 16.4. The molecule has 11 heteroatoms. The number of hydrogen-bond donors (Lipinski definition) is 2. The molecule has 2 aromatic carbocycles. The molecule has 0 bridgehead atoms. The first-order chi connectivity index (χ1) is 17.3. The molecule has 0 aromatic heterocycles. The number of hydrogen-bond acceptors (Lipinski definition) is 9. The van der Waals surface area contributed by atoms with Crippen LogP contribution in [0, 0.1) is 5.41 Å². The third-order valence-corrected chi connectivity index (χ3v) is 6.35.